The molecule has 1 atom stereocenters. The second-order valence-corrected chi connectivity index (χ2v) is 8.17. The molecule has 2 heterocycles. The maximum atomic E-state index is 13.3. The van der Waals surface area contributed by atoms with Gasteiger partial charge in [-0.05, 0) is 23.8 Å². The van der Waals surface area contributed by atoms with Crippen LogP contribution in [0.5, 0.6) is 5.75 Å². The van der Waals surface area contributed by atoms with Crippen molar-refractivity contribution in [2.45, 2.75) is 10.4 Å². The molecule has 1 aliphatic heterocycles. The van der Waals surface area contributed by atoms with Crippen molar-refractivity contribution in [3.05, 3.63) is 59.1 Å². The van der Waals surface area contributed by atoms with E-state index in [1.54, 1.807) is 25.3 Å². The summed E-state index contributed by atoms with van der Waals surface area (Å²) in [6, 6.07) is 15.0. The number of morpholine rings is 1. The van der Waals surface area contributed by atoms with Crippen LogP contribution in [0.4, 0.5) is 0 Å². The highest BCUT2D eigenvalue weighted by molar-refractivity contribution is 8.00. The number of thioether (sulfide) groups is 1. The van der Waals surface area contributed by atoms with Gasteiger partial charge in [0.25, 0.3) is 0 Å². The Bertz CT molecular complexity index is 1010. The zero-order valence-corrected chi connectivity index (χ0v) is 17.9. The summed E-state index contributed by atoms with van der Waals surface area (Å²) in [7, 11) is 1.59. The lowest BCUT2D eigenvalue weighted by molar-refractivity contribution is -0.134. The van der Waals surface area contributed by atoms with Crippen LogP contribution in [0.3, 0.4) is 0 Å². The first-order valence-electron chi connectivity index (χ1n) is 9.50. The van der Waals surface area contributed by atoms with Crippen LogP contribution in [0.15, 0.2) is 53.7 Å². The molecular formula is C21H21ClN4O3S. The molecule has 1 N–H and O–H groups in total. The fourth-order valence-corrected chi connectivity index (χ4v) is 4.40. The van der Waals surface area contributed by atoms with Crippen LogP contribution in [0.1, 0.15) is 10.8 Å². The number of aromatic nitrogens is 3. The molecule has 1 fully saturated rings. The van der Waals surface area contributed by atoms with Gasteiger partial charge in [0.1, 0.15) is 11.0 Å². The second-order valence-electron chi connectivity index (χ2n) is 6.66. The lowest BCUT2D eigenvalue weighted by Gasteiger charge is -2.30. The van der Waals surface area contributed by atoms with Crippen molar-refractivity contribution < 1.29 is 14.3 Å². The lowest BCUT2D eigenvalue weighted by Crippen LogP contribution is -2.42. The molecule has 0 unspecified atom stereocenters. The number of methoxy groups -OCH3 is 1. The normalized spacial score (nSPS) is 15.1. The summed E-state index contributed by atoms with van der Waals surface area (Å²) in [4.78, 5) is 19.7. The van der Waals surface area contributed by atoms with Crippen LogP contribution >= 0.6 is 23.4 Å². The summed E-state index contributed by atoms with van der Waals surface area (Å²) in [5, 5.41) is 7.85. The quantitative estimate of drug-likeness (QED) is 0.582. The van der Waals surface area contributed by atoms with Crippen LogP contribution in [0.2, 0.25) is 5.02 Å². The van der Waals surface area contributed by atoms with Gasteiger partial charge in [-0.1, -0.05) is 53.7 Å². The molecule has 30 heavy (non-hydrogen) atoms. The molecule has 3 aromatic rings. The summed E-state index contributed by atoms with van der Waals surface area (Å²) < 4.78 is 10.8. The number of benzene rings is 2. The van der Waals surface area contributed by atoms with E-state index in [0.29, 0.717) is 53.6 Å². The van der Waals surface area contributed by atoms with Gasteiger partial charge in [0.2, 0.25) is 11.1 Å². The lowest BCUT2D eigenvalue weighted by atomic mass is 10.1. The number of aromatic amines is 1. The summed E-state index contributed by atoms with van der Waals surface area (Å²) >= 11 is 7.46. The van der Waals surface area contributed by atoms with E-state index in [0.717, 1.165) is 5.56 Å². The molecule has 1 saturated heterocycles. The first-order chi connectivity index (χ1) is 14.7. The van der Waals surface area contributed by atoms with E-state index in [9.17, 15) is 4.79 Å². The number of nitrogens with one attached hydrogen (secondary N) is 1. The van der Waals surface area contributed by atoms with Gasteiger partial charge in [-0.25, -0.2) is 4.98 Å². The molecular weight excluding hydrogens is 424 g/mol. The molecule has 0 bridgehead atoms. The van der Waals surface area contributed by atoms with Crippen LogP contribution in [0, 0.1) is 0 Å². The number of rotatable bonds is 6. The summed E-state index contributed by atoms with van der Waals surface area (Å²) in [5.41, 5.74) is 1.62. The third-order valence-corrected chi connectivity index (χ3v) is 6.09. The maximum Gasteiger partial charge on any atom is 0.240 e. The number of nitrogens with zero attached hydrogens (tertiary/aromatic N) is 3. The molecule has 0 radical (unpaired) electrons. The molecule has 156 valence electrons. The number of ether oxygens (including phenoxy) is 2. The molecule has 9 heteroatoms. The van der Waals surface area contributed by atoms with Gasteiger partial charge in [-0.2, -0.15) is 0 Å². The Morgan fingerprint density at radius 2 is 2.00 bits per heavy atom. The number of hydrogen-bond donors (Lipinski definition) is 1. The molecule has 0 saturated carbocycles. The number of halogens is 1. The highest BCUT2D eigenvalue weighted by Gasteiger charge is 2.29. The monoisotopic (exact) mass is 444 g/mol. The third-order valence-electron chi connectivity index (χ3n) is 4.75. The minimum absolute atomic E-state index is 0.0289. The highest BCUT2D eigenvalue weighted by Crippen LogP contribution is 2.37. The van der Waals surface area contributed by atoms with Gasteiger partial charge >= 0.3 is 0 Å². The molecule has 1 aromatic heterocycles. The van der Waals surface area contributed by atoms with Crippen LogP contribution in [0.25, 0.3) is 11.4 Å². The molecule has 0 spiro atoms. The van der Waals surface area contributed by atoms with Crippen molar-refractivity contribution in [1.29, 1.82) is 0 Å². The maximum absolute atomic E-state index is 13.3. The minimum atomic E-state index is -0.450. The highest BCUT2D eigenvalue weighted by atomic mass is 35.5. The number of hydrogen-bond acceptors (Lipinski definition) is 6. The predicted octanol–water partition coefficient (Wildman–Crippen LogP) is 3.83. The van der Waals surface area contributed by atoms with Gasteiger partial charge in [-0.15, -0.1) is 5.10 Å². The topological polar surface area (TPSA) is 80.3 Å². The van der Waals surface area contributed by atoms with E-state index in [1.807, 2.05) is 35.2 Å². The van der Waals surface area contributed by atoms with E-state index in [2.05, 4.69) is 15.2 Å². The molecule has 1 aliphatic rings. The zero-order chi connectivity index (χ0) is 20.9. The molecule has 2 aromatic carbocycles. The fourth-order valence-electron chi connectivity index (χ4n) is 3.23. The van der Waals surface area contributed by atoms with E-state index in [1.165, 1.54) is 11.8 Å². The smallest absolute Gasteiger partial charge is 0.240 e. The van der Waals surface area contributed by atoms with Crippen molar-refractivity contribution in [2.24, 2.45) is 0 Å². The van der Waals surface area contributed by atoms with Gasteiger partial charge in [0.05, 0.1) is 25.9 Å². The molecule has 1 amide bonds. The average Bonchev–Trinajstić information content (AvgIpc) is 3.27. The Kier molecular flexibility index (Phi) is 6.56. The van der Waals surface area contributed by atoms with E-state index < -0.39 is 5.25 Å². The SMILES string of the molecule is COc1ccc(Cl)cc1-c1nc(S[C@H](C(=O)N2CCOCC2)c2ccccc2)n[nH]1. The van der Waals surface area contributed by atoms with Crippen LogP contribution in [-0.4, -0.2) is 59.4 Å². The van der Waals surface area contributed by atoms with Crippen molar-refractivity contribution in [3.63, 3.8) is 0 Å². The van der Waals surface area contributed by atoms with Gasteiger partial charge < -0.3 is 14.4 Å². The summed E-state index contributed by atoms with van der Waals surface area (Å²) in [6.07, 6.45) is 0. The average molecular weight is 445 g/mol. The fraction of sp³-hybridized carbons (Fsp3) is 0.286. The Morgan fingerprint density at radius 1 is 1.23 bits per heavy atom. The van der Waals surface area contributed by atoms with Crippen molar-refractivity contribution >= 4 is 29.3 Å². The molecule has 0 aliphatic carbocycles. The minimum Gasteiger partial charge on any atom is -0.496 e. The van der Waals surface area contributed by atoms with Crippen LogP contribution in [-0.2, 0) is 9.53 Å². The summed E-state index contributed by atoms with van der Waals surface area (Å²) in [6.45, 7) is 2.28. The van der Waals surface area contributed by atoms with E-state index >= 15 is 0 Å². The van der Waals surface area contributed by atoms with Crippen molar-refractivity contribution in [1.82, 2.24) is 20.1 Å². The van der Waals surface area contributed by atoms with Crippen LogP contribution < -0.4 is 4.74 Å². The van der Waals surface area contributed by atoms with Gasteiger partial charge in [-0.3, -0.25) is 9.89 Å². The van der Waals surface area contributed by atoms with Crippen molar-refractivity contribution in [3.8, 4) is 17.1 Å². The van der Waals surface area contributed by atoms with Gasteiger partial charge in [0, 0.05) is 18.1 Å². The second kappa shape index (κ2) is 9.51. The van der Waals surface area contributed by atoms with E-state index in [4.69, 9.17) is 21.1 Å². The van der Waals surface area contributed by atoms with Crippen molar-refractivity contribution in [2.75, 3.05) is 33.4 Å². The first kappa shape index (κ1) is 20.7. The third kappa shape index (κ3) is 4.61. The Balaban J connectivity index is 1.61. The Hall–Kier alpha value is -2.55. The largest absolute Gasteiger partial charge is 0.496 e. The Labute approximate surface area is 183 Å². The number of carbonyl (C=O) groups is 1. The molecule has 4 rings (SSSR count). The predicted molar refractivity (Wildman–Crippen MR) is 116 cm³/mol. The zero-order valence-electron chi connectivity index (χ0n) is 16.4. The molecule has 7 nitrogen and oxygen atoms in total. The van der Waals surface area contributed by atoms with Gasteiger partial charge in [0.15, 0.2) is 5.82 Å². The standard InChI is InChI=1S/C21H21ClN4O3S/c1-28-17-8-7-15(22)13-16(17)19-23-21(25-24-19)30-18(14-5-3-2-4-6-14)20(27)26-9-11-29-12-10-26/h2-8,13,18H,9-12H2,1H3,(H,23,24,25)/t18-/m0/s1. The number of H-pyrrole nitrogens is 1. The van der Waals surface area contributed by atoms with E-state index in [-0.39, 0.29) is 5.91 Å². The number of amides is 1. The number of carbonyl (C=O) groups excluding carboxylic acids is 1. The summed E-state index contributed by atoms with van der Waals surface area (Å²) in [5.74, 6) is 1.19. The Morgan fingerprint density at radius 3 is 2.73 bits per heavy atom. The first-order valence-corrected chi connectivity index (χ1v) is 10.8.